The lowest BCUT2D eigenvalue weighted by molar-refractivity contribution is 0.182. The zero-order valence-corrected chi connectivity index (χ0v) is 12.1. The normalized spacial score (nSPS) is 19.7. The van der Waals surface area contributed by atoms with Crippen LogP contribution in [0.25, 0.3) is 11.1 Å². The molecule has 3 aromatic rings. The molecular formula is C15H17N5O2. The molecule has 4 rings (SSSR count). The van der Waals surface area contributed by atoms with Crippen molar-refractivity contribution >= 4 is 11.1 Å². The quantitative estimate of drug-likeness (QED) is 0.767. The molecule has 0 saturated carbocycles. The molecule has 22 heavy (non-hydrogen) atoms. The average Bonchev–Trinajstić information content (AvgIpc) is 3.13. The Bertz CT molecular complexity index is 800. The number of para-hydroxylation sites is 2. The second kappa shape index (κ2) is 5.42. The maximum Gasteiger partial charge on any atom is 0.340 e. The zero-order valence-electron chi connectivity index (χ0n) is 12.1. The van der Waals surface area contributed by atoms with Gasteiger partial charge in [-0.3, -0.25) is 9.88 Å². The van der Waals surface area contributed by atoms with Gasteiger partial charge in [0.25, 0.3) is 0 Å². The number of H-pyrrole nitrogens is 2. The lowest BCUT2D eigenvalue weighted by Crippen LogP contribution is -2.34. The van der Waals surface area contributed by atoms with Crippen LogP contribution in [-0.4, -0.2) is 38.2 Å². The smallest absolute Gasteiger partial charge is 0.340 e. The van der Waals surface area contributed by atoms with Crippen LogP contribution in [0.1, 0.15) is 30.5 Å². The number of piperidine rings is 1. The Balaban J connectivity index is 1.49. The molecule has 1 atom stereocenters. The summed E-state index contributed by atoms with van der Waals surface area (Å²) in [5.41, 5.74) is 1.47. The molecule has 2 aromatic heterocycles. The summed E-state index contributed by atoms with van der Waals surface area (Å²) in [4.78, 5) is 20.8. The summed E-state index contributed by atoms with van der Waals surface area (Å²) in [6, 6.07) is 7.79. The van der Waals surface area contributed by atoms with Gasteiger partial charge in [-0.1, -0.05) is 12.1 Å². The summed E-state index contributed by atoms with van der Waals surface area (Å²) in [5.74, 6) is 1.72. The summed E-state index contributed by atoms with van der Waals surface area (Å²) in [5, 5.41) is 6.49. The Labute approximate surface area is 126 Å². The van der Waals surface area contributed by atoms with Crippen molar-refractivity contribution in [2.75, 3.05) is 13.1 Å². The van der Waals surface area contributed by atoms with E-state index in [1.165, 1.54) is 0 Å². The Morgan fingerprint density at radius 2 is 2.27 bits per heavy atom. The Kier molecular flexibility index (Phi) is 3.27. The van der Waals surface area contributed by atoms with Crippen LogP contribution in [0.3, 0.4) is 0 Å². The lowest BCUT2D eigenvalue weighted by Gasteiger charge is -2.30. The van der Waals surface area contributed by atoms with Crippen molar-refractivity contribution in [3.05, 3.63) is 46.5 Å². The van der Waals surface area contributed by atoms with Crippen LogP contribution >= 0.6 is 0 Å². The van der Waals surface area contributed by atoms with Crippen LogP contribution in [-0.2, 0) is 6.54 Å². The predicted octanol–water partition coefficient (Wildman–Crippen LogP) is 1.62. The zero-order chi connectivity index (χ0) is 14.9. The van der Waals surface area contributed by atoms with Gasteiger partial charge in [0.1, 0.15) is 11.3 Å². The van der Waals surface area contributed by atoms with E-state index in [0.29, 0.717) is 6.54 Å². The first-order valence-corrected chi connectivity index (χ1v) is 7.49. The monoisotopic (exact) mass is 299 g/mol. The Morgan fingerprint density at radius 1 is 1.36 bits per heavy atom. The lowest BCUT2D eigenvalue weighted by atomic mass is 9.97. The molecule has 1 saturated heterocycles. The third-order valence-electron chi connectivity index (χ3n) is 4.11. The maximum atomic E-state index is 11.2. The van der Waals surface area contributed by atoms with Gasteiger partial charge in [-0.15, -0.1) is 0 Å². The molecule has 0 spiro atoms. The van der Waals surface area contributed by atoms with Gasteiger partial charge >= 0.3 is 5.69 Å². The van der Waals surface area contributed by atoms with Crippen LogP contribution in [0.15, 0.2) is 33.5 Å². The van der Waals surface area contributed by atoms with Gasteiger partial charge in [0.05, 0.1) is 6.54 Å². The number of hydrogen-bond donors (Lipinski definition) is 2. The summed E-state index contributed by atoms with van der Waals surface area (Å²) < 4.78 is 5.78. The molecule has 1 aliphatic rings. The van der Waals surface area contributed by atoms with Crippen molar-refractivity contribution in [2.45, 2.75) is 25.3 Å². The maximum absolute atomic E-state index is 11.2. The molecule has 114 valence electrons. The number of rotatable bonds is 3. The molecule has 2 N–H and O–H groups in total. The van der Waals surface area contributed by atoms with Gasteiger partial charge < -0.3 is 4.42 Å². The van der Waals surface area contributed by atoms with E-state index < -0.39 is 0 Å². The second-order valence-corrected chi connectivity index (χ2v) is 5.71. The fourth-order valence-electron chi connectivity index (χ4n) is 3.08. The van der Waals surface area contributed by atoms with Crippen molar-refractivity contribution < 1.29 is 4.42 Å². The third-order valence-corrected chi connectivity index (χ3v) is 4.11. The minimum atomic E-state index is -0.244. The molecular weight excluding hydrogens is 282 g/mol. The largest absolute Gasteiger partial charge is 0.439 e. The van der Waals surface area contributed by atoms with E-state index in [2.05, 4.69) is 25.1 Å². The van der Waals surface area contributed by atoms with Crippen molar-refractivity contribution in [2.24, 2.45) is 0 Å². The first-order chi connectivity index (χ1) is 10.8. The number of hydrogen-bond acceptors (Lipinski definition) is 5. The van der Waals surface area contributed by atoms with E-state index in [1.54, 1.807) is 0 Å². The Hall–Kier alpha value is -2.41. The molecule has 3 heterocycles. The van der Waals surface area contributed by atoms with E-state index in [4.69, 9.17) is 4.42 Å². The number of nitrogens with zero attached hydrogens (tertiary/aromatic N) is 3. The molecule has 0 aliphatic carbocycles. The van der Waals surface area contributed by atoms with E-state index in [0.717, 1.165) is 48.7 Å². The molecule has 7 nitrogen and oxygen atoms in total. The van der Waals surface area contributed by atoms with Crippen LogP contribution < -0.4 is 5.69 Å². The predicted molar refractivity (Wildman–Crippen MR) is 80.5 cm³/mol. The first-order valence-electron chi connectivity index (χ1n) is 7.49. The summed E-state index contributed by atoms with van der Waals surface area (Å²) in [6.45, 7) is 2.53. The van der Waals surface area contributed by atoms with Crippen molar-refractivity contribution in [3.63, 3.8) is 0 Å². The highest BCUT2D eigenvalue weighted by molar-refractivity contribution is 5.72. The fourth-order valence-corrected chi connectivity index (χ4v) is 3.08. The molecule has 0 radical (unpaired) electrons. The van der Waals surface area contributed by atoms with Gasteiger partial charge in [-0.25, -0.2) is 14.9 Å². The summed E-state index contributed by atoms with van der Waals surface area (Å²) in [7, 11) is 0. The Morgan fingerprint density at radius 3 is 3.09 bits per heavy atom. The van der Waals surface area contributed by atoms with Gasteiger partial charge in [-0.2, -0.15) is 5.10 Å². The van der Waals surface area contributed by atoms with Gasteiger partial charge in [-0.05, 0) is 31.5 Å². The molecule has 7 heteroatoms. The second-order valence-electron chi connectivity index (χ2n) is 5.71. The molecule has 0 amide bonds. The van der Waals surface area contributed by atoms with Gasteiger partial charge in [0.2, 0.25) is 5.89 Å². The average molecular weight is 299 g/mol. The summed E-state index contributed by atoms with van der Waals surface area (Å²) >= 11 is 0. The third kappa shape index (κ3) is 2.55. The number of oxazole rings is 1. The minimum Gasteiger partial charge on any atom is -0.439 e. The van der Waals surface area contributed by atoms with E-state index in [-0.39, 0.29) is 11.6 Å². The highest BCUT2D eigenvalue weighted by Gasteiger charge is 2.24. The molecule has 1 unspecified atom stereocenters. The standard InChI is InChI=1S/C15H17N5O2/c21-15-17-14(18-19-15)10-4-3-7-20(8-10)9-13-16-11-5-1-2-6-12(11)22-13/h1-2,5-6,10H,3-4,7-9H2,(H2,17,18,19,21). The van der Waals surface area contributed by atoms with Gasteiger partial charge in [0, 0.05) is 12.5 Å². The minimum absolute atomic E-state index is 0.244. The summed E-state index contributed by atoms with van der Waals surface area (Å²) in [6.07, 6.45) is 2.10. The topological polar surface area (TPSA) is 90.8 Å². The number of aromatic amines is 2. The molecule has 1 aliphatic heterocycles. The van der Waals surface area contributed by atoms with Gasteiger partial charge in [0.15, 0.2) is 5.58 Å². The number of aromatic nitrogens is 4. The van der Waals surface area contributed by atoms with Crippen LogP contribution in [0.5, 0.6) is 0 Å². The van der Waals surface area contributed by atoms with Crippen LogP contribution in [0.2, 0.25) is 0 Å². The molecule has 1 fully saturated rings. The first kappa shape index (κ1) is 13.3. The van der Waals surface area contributed by atoms with Crippen LogP contribution in [0, 0.1) is 0 Å². The molecule has 1 aromatic carbocycles. The SMILES string of the molecule is O=c1[nH]nc(C2CCCN(Cc3nc4ccccc4o3)C2)[nH]1. The van der Waals surface area contributed by atoms with E-state index in [9.17, 15) is 4.79 Å². The van der Waals surface area contributed by atoms with Crippen molar-refractivity contribution in [1.82, 2.24) is 25.1 Å². The highest BCUT2D eigenvalue weighted by atomic mass is 16.3. The van der Waals surface area contributed by atoms with E-state index in [1.807, 2.05) is 24.3 Å². The van der Waals surface area contributed by atoms with E-state index >= 15 is 0 Å². The highest BCUT2D eigenvalue weighted by Crippen LogP contribution is 2.25. The fraction of sp³-hybridized carbons (Fsp3) is 0.400. The number of likely N-dealkylation sites (tertiary alicyclic amines) is 1. The van der Waals surface area contributed by atoms with Crippen LogP contribution in [0.4, 0.5) is 0 Å². The van der Waals surface area contributed by atoms with Crippen molar-refractivity contribution in [1.29, 1.82) is 0 Å². The number of benzene rings is 1. The van der Waals surface area contributed by atoms with Crippen molar-refractivity contribution in [3.8, 4) is 0 Å². The number of fused-ring (bicyclic) bond motifs is 1. The number of nitrogens with one attached hydrogen (secondary N) is 2. The molecule has 0 bridgehead atoms.